The monoisotopic (exact) mass is 239 g/mol. The lowest BCUT2D eigenvalue weighted by Crippen LogP contribution is -2.41. The molecule has 1 aliphatic heterocycles. The van der Waals surface area contributed by atoms with Gasteiger partial charge in [0, 0.05) is 31.1 Å². The van der Waals surface area contributed by atoms with Gasteiger partial charge in [0.2, 0.25) is 5.91 Å². The average Bonchev–Trinajstić information content (AvgIpc) is 2.66. The first-order chi connectivity index (χ1) is 8.18. The number of nitrogens with one attached hydrogen (secondary N) is 1. The number of ether oxygens (including phenoxy) is 1. The van der Waals surface area contributed by atoms with E-state index in [0.717, 1.165) is 38.9 Å². The van der Waals surface area contributed by atoms with Crippen molar-refractivity contribution in [2.45, 2.75) is 31.8 Å². The van der Waals surface area contributed by atoms with E-state index < -0.39 is 0 Å². The third-order valence-corrected chi connectivity index (χ3v) is 4.30. The fourth-order valence-corrected chi connectivity index (χ4v) is 3.12. The number of rotatable bonds is 3. The Morgan fingerprint density at radius 3 is 2.82 bits per heavy atom. The number of amides is 1. The second-order valence-corrected chi connectivity index (χ2v) is 5.17. The molecular weight excluding hydrogens is 218 g/mol. The molecule has 0 aromatic carbocycles. The molecule has 2 fully saturated rings. The van der Waals surface area contributed by atoms with Crippen LogP contribution >= 0.6 is 0 Å². The van der Waals surface area contributed by atoms with Crippen molar-refractivity contribution in [2.24, 2.45) is 11.3 Å². The molecule has 0 bridgehead atoms. The first kappa shape index (κ1) is 12.6. The summed E-state index contributed by atoms with van der Waals surface area (Å²) in [6, 6.07) is 0. The van der Waals surface area contributed by atoms with Gasteiger partial charge in [-0.25, -0.2) is 0 Å². The van der Waals surface area contributed by atoms with Crippen LogP contribution in [0.3, 0.4) is 0 Å². The topological polar surface area (TPSA) is 58.6 Å². The van der Waals surface area contributed by atoms with Gasteiger partial charge in [0.25, 0.3) is 0 Å². The number of aliphatic hydroxyl groups excluding tert-OH is 1. The summed E-state index contributed by atoms with van der Waals surface area (Å²) >= 11 is 0. The highest BCUT2D eigenvalue weighted by Crippen LogP contribution is 2.48. The largest absolute Gasteiger partial charge is 0.392 e. The molecule has 96 valence electrons. The number of hydrogen-bond acceptors (Lipinski definition) is 3. The molecule has 1 heterocycles. The minimum Gasteiger partial charge on any atom is -0.392 e. The molecule has 0 aromatic rings. The predicted octanol–water partition coefficient (Wildman–Crippen LogP) is 0.856. The first-order valence-corrected chi connectivity index (χ1v) is 6.34. The Balaban J connectivity index is 1.90. The van der Waals surface area contributed by atoms with Gasteiger partial charge in [-0.1, -0.05) is 6.58 Å². The van der Waals surface area contributed by atoms with Gasteiger partial charge in [-0.05, 0) is 31.8 Å². The van der Waals surface area contributed by atoms with Crippen molar-refractivity contribution in [3.05, 3.63) is 12.7 Å². The Morgan fingerprint density at radius 1 is 1.47 bits per heavy atom. The molecule has 0 radical (unpaired) electrons. The molecule has 4 heteroatoms. The molecule has 2 aliphatic rings. The van der Waals surface area contributed by atoms with Crippen molar-refractivity contribution in [2.75, 3.05) is 19.8 Å². The lowest BCUT2D eigenvalue weighted by molar-refractivity contribution is -0.117. The maximum Gasteiger partial charge on any atom is 0.243 e. The number of aliphatic hydroxyl groups is 1. The third kappa shape index (κ3) is 2.53. The van der Waals surface area contributed by atoms with E-state index in [1.54, 1.807) is 0 Å². The normalized spacial score (nSPS) is 31.4. The van der Waals surface area contributed by atoms with Gasteiger partial charge in [0.05, 0.1) is 6.10 Å². The Hall–Kier alpha value is -0.870. The van der Waals surface area contributed by atoms with Gasteiger partial charge >= 0.3 is 0 Å². The molecule has 0 aromatic heterocycles. The summed E-state index contributed by atoms with van der Waals surface area (Å²) in [7, 11) is 0. The molecule has 17 heavy (non-hydrogen) atoms. The van der Waals surface area contributed by atoms with Crippen LogP contribution in [-0.2, 0) is 9.53 Å². The molecule has 1 saturated heterocycles. The van der Waals surface area contributed by atoms with E-state index in [1.165, 1.54) is 6.08 Å². The van der Waals surface area contributed by atoms with Crippen molar-refractivity contribution < 1.29 is 14.6 Å². The van der Waals surface area contributed by atoms with Crippen LogP contribution in [0.2, 0.25) is 0 Å². The van der Waals surface area contributed by atoms with Crippen molar-refractivity contribution in [1.29, 1.82) is 0 Å². The van der Waals surface area contributed by atoms with Crippen molar-refractivity contribution in [3.63, 3.8) is 0 Å². The molecule has 1 aliphatic carbocycles. The summed E-state index contributed by atoms with van der Waals surface area (Å²) in [6.07, 6.45) is 4.88. The number of carbonyl (C=O) groups is 1. The highest BCUT2D eigenvalue weighted by atomic mass is 16.5. The predicted molar refractivity (Wildman–Crippen MR) is 64.4 cm³/mol. The van der Waals surface area contributed by atoms with E-state index in [0.29, 0.717) is 6.54 Å². The summed E-state index contributed by atoms with van der Waals surface area (Å²) in [5.41, 5.74) is 0.0435. The van der Waals surface area contributed by atoms with Gasteiger partial charge in [0.1, 0.15) is 0 Å². The number of hydrogen-bond donors (Lipinski definition) is 2. The Labute approximate surface area is 102 Å². The molecule has 2 N–H and O–H groups in total. The summed E-state index contributed by atoms with van der Waals surface area (Å²) in [4.78, 5) is 11.1. The number of carbonyl (C=O) groups excluding carboxylic acids is 1. The maximum atomic E-state index is 11.1. The zero-order valence-corrected chi connectivity index (χ0v) is 10.2. The lowest BCUT2D eigenvalue weighted by Gasteiger charge is -2.37. The second kappa shape index (κ2) is 5.19. The van der Waals surface area contributed by atoms with Crippen LogP contribution in [0.1, 0.15) is 25.7 Å². The van der Waals surface area contributed by atoms with E-state index in [-0.39, 0.29) is 23.3 Å². The zero-order chi connectivity index (χ0) is 12.3. The van der Waals surface area contributed by atoms with E-state index in [2.05, 4.69) is 11.9 Å². The zero-order valence-electron chi connectivity index (χ0n) is 10.2. The summed E-state index contributed by atoms with van der Waals surface area (Å²) < 4.78 is 5.36. The Kier molecular flexibility index (Phi) is 3.84. The molecule has 1 saturated carbocycles. The standard InChI is InChI=1S/C13H21NO3/c1-2-11(15)14-9-10-3-4-13(12(10)16)5-7-17-8-6-13/h2,10,12,16H,1,3-9H2,(H,14,15)/t10-,12+/m1/s1. The van der Waals surface area contributed by atoms with E-state index in [1.807, 2.05) is 0 Å². The summed E-state index contributed by atoms with van der Waals surface area (Å²) in [6.45, 7) is 5.47. The Morgan fingerprint density at radius 2 is 2.18 bits per heavy atom. The molecule has 4 nitrogen and oxygen atoms in total. The van der Waals surface area contributed by atoms with Crippen molar-refractivity contribution >= 4 is 5.91 Å². The maximum absolute atomic E-state index is 11.1. The molecule has 2 rings (SSSR count). The minimum atomic E-state index is -0.309. The fourth-order valence-electron chi connectivity index (χ4n) is 3.12. The van der Waals surface area contributed by atoms with Crippen molar-refractivity contribution in [3.8, 4) is 0 Å². The molecule has 1 spiro atoms. The third-order valence-electron chi connectivity index (χ3n) is 4.30. The van der Waals surface area contributed by atoms with E-state index in [4.69, 9.17) is 4.74 Å². The highest BCUT2D eigenvalue weighted by molar-refractivity contribution is 5.86. The average molecular weight is 239 g/mol. The van der Waals surface area contributed by atoms with Gasteiger partial charge in [0.15, 0.2) is 0 Å². The van der Waals surface area contributed by atoms with E-state index >= 15 is 0 Å². The lowest BCUT2D eigenvalue weighted by atomic mass is 9.76. The molecular formula is C13H21NO3. The van der Waals surface area contributed by atoms with E-state index in [9.17, 15) is 9.90 Å². The quantitative estimate of drug-likeness (QED) is 0.718. The molecule has 2 atom stereocenters. The van der Waals surface area contributed by atoms with Crippen LogP contribution < -0.4 is 5.32 Å². The SMILES string of the molecule is C=CC(=O)NC[C@H]1CCC2(CCOCC2)[C@H]1O. The Bertz CT molecular complexity index is 297. The van der Waals surface area contributed by atoms with Gasteiger partial charge < -0.3 is 15.2 Å². The van der Waals surface area contributed by atoms with Crippen molar-refractivity contribution in [1.82, 2.24) is 5.32 Å². The fraction of sp³-hybridized carbons (Fsp3) is 0.769. The molecule has 1 amide bonds. The van der Waals surface area contributed by atoms with Crippen LogP contribution in [0.4, 0.5) is 0 Å². The van der Waals surface area contributed by atoms with Crippen LogP contribution in [0.15, 0.2) is 12.7 Å². The van der Waals surface area contributed by atoms with Gasteiger partial charge in [-0.3, -0.25) is 4.79 Å². The molecule has 0 unspecified atom stereocenters. The second-order valence-electron chi connectivity index (χ2n) is 5.17. The van der Waals surface area contributed by atoms with Crippen LogP contribution in [0, 0.1) is 11.3 Å². The first-order valence-electron chi connectivity index (χ1n) is 6.34. The minimum absolute atomic E-state index is 0.0435. The summed E-state index contributed by atoms with van der Waals surface area (Å²) in [5.74, 6) is 0.0159. The van der Waals surface area contributed by atoms with Crippen LogP contribution in [-0.4, -0.2) is 36.9 Å². The smallest absolute Gasteiger partial charge is 0.243 e. The summed E-state index contributed by atoms with van der Waals surface area (Å²) in [5, 5.41) is 13.2. The highest BCUT2D eigenvalue weighted by Gasteiger charge is 2.47. The van der Waals surface area contributed by atoms with Crippen LogP contribution in [0.5, 0.6) is 0 Å². The van der Waals surface area contributed by atoms with Gasteiger partial charge in [-0.2, -0.15) is 0 Å². The van der Waals surface area contributed by atoms with Gasteiger partial charge in [-0.15, -0.1) is 0 Å². The van der Waals surface area contributed by atoms with Crippen LogP contribution in [0.25, 0.3) is 0 Å².